The Balaban J connectivity index is 1.83. The highest BCUT2D eigenvalue weighted by Crippen LogP contribution is 2.32. The van der Waals surface area contributed by atoms with E-state index in [1.165, 1.54) is 38.0 Å². The number of rotatable bonds is 3. The lowest BCUT2D eigenvalue weighted by Gasteiger charge is -2.43. The molecule has 1 aromatic rings. The minimum atomic E-state index is 0.540. The van der Waals surface area contributed by atoms with Gasteiger partial charge in [0.25, 0.3) is 0 Å². The van der Waals surface area contributed by atoms with E-state index in [4.69, 9.17) is 0 Å². The quantitative estimate of drug-likeness (QED) is 0.752. The molecule has 1 aromatic carbocycles. The molecule has 0 saturated carbocycles. The highest BCUT2D eigenvalue weighted by Gasteiger charge is 2.36. The zero-order valence-electron chi connectivity index (χ0n) is 11.0. The third kappa shape index (κ3) is 2.23. The molecule has 3 rings (SSSR count). The maximum absolute atomic E-state index is 3.91. The second-order valence-electron chi connectivity index (χ2n) is 5.46. The van der Waals surface area contributed by atoms with Crippen LogP contribution in [0.5, 0.6) is 0 Å². The lowest BCUT2D eigenvalue weighted by atomic mass is 10.00. The zero-order valence-corrected chi connectivity index (χ0v) is 11.0. The van der Waals surface area contributed by atoms with E-state index in [1.54, 1.807) is 0 Å². The predicted molar refractivity (Wildman–Crippen MR) is 75.5 cm³/mol. The Morgan fingerprint density at radius 1 is 1.22 bits per heavy atom. The lowest BCUT2D eigenvalue weighted by Crippen LogP contribution is -2.51. The minimum absolute atomic E-state index is 0.540. The number of nitrogens with zero attached hydrogens (tertiary/aromatic N) is 2. The Bertz CT molecular complexity index is 401. The summed E-state index contributed by atoms with van der Waals surface area (Å²) >= 11 is 0. The van der Waals surface area contributed by atoms with Gasteiger partial charge in [0.05, 0.1) is 0 Å². The van der Waals surface area contributed by atoms with Crippen molar-refractivity contribution in [2.45, 2.75) is 24.9 Å². The van der Waals surface area contributed by atoms with Gasteiger partial charge in [0.15, 0.2) is 0 Å². The third-order valence-corrected chi connectivity index (χ3v) is 4.34. The monoisotopic (exact) mass is 242 g/mol. The standard InChI is InChI=1S/C16H22N2/c1-2-10-18-12-15-9-6-11-17(15)13-16(18)14-7-4-3-5-8-14/h2-5,7-8,15-16H,1,6,9-13H2. The Hall–Kier alpha value is -1.12. The molecule has 0 N–H and O–H groups in total. The summed E-state index contributed by atoms with van der Waals surface area (Å²) in [6, 6.07) is 12.2. The molecule has 2 heterocycles. The first-order chi connectivity index (χ1) is 8.88. The van der Waals surface area contributed by atoms with Gasteiger partial charge in [0.2, 0.25) is 0 Å². The van der Waals surface area contributed by atoms with E-state index in [0.717, 1.165) is 12.6 Å². The van der Waals surface area contributed by atoms with Crippen molar-refractivity contribution >= 4 is 0 Å². The predicted octanol–water partition coefficient (Wildman–Crippen LogP) is 2.69. The van der Waals surface area contributed by atoms with Gasteiger partial charge in [-0.15, -0.1) is 6.58 Å². The van der Waals surface area contributed by atoms with Crippen LogP contribution in [-0.4, -0.2) is 42.0 Å². The maximum Gasteiger partial charge on any atom is 0.0479 e. The van der Waals surface area contributed by atoms with Crippen LogP contribution in [0, 0.1) is 0 Å². The van der Waals surface area contributed by atoms with Crippen LogP contribution in [0.15, 0.2) is 43.0 Å². The molecular weight excluding hydrogens is 220 g/mol. The van der Waals surface area contributed by atoms with Crippen molar-refractivity contribution < 1.29 is 0 Å². The summed E-state index contributed by atoms with van der Waals surface area (Å²) in [5.41, 5.74) is 1.45. The average molecular weight is 242 g/mol. The molecule has 2 aliphatic rings. The molecular formula is C16H22N2. The maximum atomic E-state index is 3.91. The summed E-state index contributed by atoms with van der Waals surface area (Å²) in [7, 11) is 0. The Kier molecular flexibility index (Phi) is 3.48. The van der Waals surface area contributed by atoms with E-state index in [9.17, 15) is 0 Å². The second kappa shape index (κ2) is 5.25. The topological polar surface area (TPSA) is 6.48 Å². The van der Waals surface area contributed by atoms with Gasteiger partial charge >= 0.3 is 0 Å². The smallest absolute Gasteiger partial charge is 0.0479 e. The fourth-order valence-corrected chi connectivity index (χ4v) is 3.44. The van der Waals surface area contributed by atoms with Gasteiger partial charge in [-0.25, -0.2) is 0 Å². The van der Waals surface area contributed by atoms with Crippen molar-refractivity contribution in [1.82, 2.24) is 9.80 Å². The van der Waals surface area contributed by atoms with E-state index in [0.29, 0.717) is 6.04 Å². The summed E-state index contributed by atoms with van der Waals surface area (Å²) < 4.78 is 0. The van der Waals surface area contributed by atoms with Gasteiger partial charge in [-0.1, -0.05) is 36.4 Å². The molecule has 2 aliphatic heterocycles. The van der Waals surface area contributed by atoms with E-state index < -0.39 is 0 Å². The zero-order chi connectivity index (χ0) is 12.4. The largest absolute Gasteiger partial charge is 0.297 e. The van der Waals surface area contributed by atoms with Gasteiger partial charge in [-0.2, -0.15) is 0 Å². The molecule has 2 atom stereocenters. The van der Waals surface area contributed by atoms with Crippen LogP contribution in [0.4, 0.5) is 0 Å². The van der Waals surface area contributed by atoms with Crippen molar-refractivity contribution in [3.05, 3.63) is 48.6 Å². The first-order valence-electron chi connectivity index (χ1n) is 7.02. The van der Waals surface area contributed by atoms with Crippen LogP contribution in [0.25, 0.3) is 0 Å². The number of piperazine rings is 1. The van der Waals surface area contributed by atoms with E-state index >= 15 is 0 Å². The highest BCUT2D eigenvalue weighted by molar-refractivity contribution is 5.21. The van der Waals surface area contributed by atoms with Gasteiger partial charge in [0, 0.05) is 31.7 Å². The first-order valence-corrected chi connectivity index (χ1v) is 7.02. The van der Waals surface area contributed by atoms with Gasteiger partial charge in [-0.3, -0.25) is 9.80 Å². The van der Waals surface area contributed by atoms with Gasteiger partial charge in [0.1, 0.15) is 0 Å². The summed E-state index contributed by atoms with van der Waals surface area (Å²) in [4.78, 5) is 5.27. The first kappa shape index (κ1) is 11.9. The van der Waals surface area contributed by atoms with Crippen molar-refractivity contribution in [2.24, 2.45) is 0 Å². The molecule has 0 amide bonds. The van der Waals surface area contributed by atoms with Gasteiger partial charge < -0.3 is 0 Å². The second-order valence-corrected chi connectivity index (χ2v) is 5.46. The van der Waals surface area contributed by atoms with Crippen LogP contribution < -0.4 is 0 Å². The minimum Gasteiger partial charge on any atom is -0.297 e. The normalized spacial score (nSPS) is 29.1. The molecule has 18 heavy (non-hydrogen) atoms. The molecule has 2 unspecified atom stereocenters. The lowest BCUT2D eigenvalue weighted by molar-refractivity contribution is 0.0594. The number of fused-ring (bicyclic) bond motifs is 1. The molecule has 0 aromatic heterocycles. The van der Waals surface area contributed by atoms with Crippen LogP contribution in [0.3, 0.4) is 0 Å². The van der Waals surface area contributed by atoms with Crippen molar-refractivity contribution in [3.63, 3.8) is 0 Å². The fourth-order valence-electron chi connectivity index (χ4n) is 3.44. The molecule has 2 nitrogen and oxygen atoms in total. The number of benzene rings is 1. The van der Waals surface area contributed by atoms with Crippen LogP contribution >= 0.6 is 0 Å². The molecule has 96 valence electrons. The van der Waals surface area contributed by atoms with Crippen LogP contribution in [-0.2, 0) is 0 Å². The third-order valence-electron chi connectivity index (χ3n) is 4.34. The van der Waals surface area contributed by atoms with E-state index in [-0.39, 0.29) is 0 Å². The van der Waals surface area contributed by atoms with Crippen molar-refractivity contribution in [1.29, 1.82) is 0 Å². The SMILES string of the molecule is C=CCN1CC2CCCN2CC1c1ccccc1. The number of hydrogen-bond acceptors (Lipinski definition) is 2. The molecule has 0 bridgehead atoms. The Labute approximate surface area is 110 Å². The molecule has 2 saturated heterocycles. The molecule has 0 radical (unpaired) electrons. The summed E-state index contributed by atoms with van der Waals surface area (Å²) in [6.45, 7) is 8.59. The van der Waals surface area contributed by atoms with Gasteiger partial charge in [-0.05, 0) is 24.9 Å². The van der Waals surface area contributed by atoms with Crippen molar-refractivity contribution in [2.75, 3.05) is 26.2 Å². The van der Waals surface area contributed by atoms with E-state index in [1.807, 2.05) is 6.08 Å². The average Bonchev–Trinajstić information content (AvgIpc) is 2.86. The Morgan fingerprint density at radius 2 is 2.06 bits per heavy atom. The Morgan fingerprint density at radius 3 is 2.83 bits per heavy atom. The highest BCUT2D eigenvalue weighted by atomic mass is 15.3. The van der Waals surface area contributed by atoms with E-state index in [2.05, 4.69) is 46.7 Å². The fraction of sp³-hybridized carbons (Fsp3) is 0.500. The molecule has 0 spiro atoms. The number of hydrogen-bond donors (Lipinski definition) is 0. The molecule has 0 aliphatic carbocycles. The summed E-state index contributed by atoms with van der Waals surface area (Å²) in [5.74, 6) is 0. The molecule has 2 fully saturated rings. The summed E-state index contributed by atoms with van der Waals surface area (Å²) in [6.07, 6.45) is 4.78. The summed E-state index contributed by atoms with van der Waals surface area (Å²) in [5, 5.41) is 0. The van der Waals surface area contributed by atoms with Crippen LogP contribution in [0.2, 0.25) is 0 Å². The van der Waals surface area contributed by atoms with Crippen molar-refractivity contribution in [3.8, 4) is 0 Å². The molecule has 2 heteroatoms. The van der Waals surface area contributed by atoms with Crippen LogP contribution in [0.1, 0.15) is 24.4 Å².